The second-order valence-corrected chi connectivity index (χ2v) is 12.0. The highest BCUT2D eigenvalue weighted by Crippen LogP contribution is 2.41. The Labute approximate surface area is 235 Å². The third-order valence-corrected chi connectivity index (χ3v) is 9.62. The summed E-state index contributed by atoms with van der Waals surface area (Å²) in [7, 11) is -1.21. The number of hydrogen-bond acceptors (Lipinski definition) is 8. The highest BCUT2D eigenvalue weighted by atomic mass is 32.2. The van der Waals surface area contributed by atoms with E-state index in [0.717, 1.165) is 22.4 Å². The van der Waals surface area contributed by atoms with E-state index in [1.165, 1.54) is 11.4 Å². The fourth-order valence-corrected chi connectivity index (χ4v) is 7.21. The first-order chi connectivity index (χ1) is 19.3. The van der Waals surface area contributed by atoms with Gasteiger partial charge in [0.2, 0.25) is 10.0 Å². The van der Waals surface area contributed by atoms with E-state index < -0.39 is 27.8 Å². The van der Waals surface area contributed by atoms with Crippen LogP contribution in [0, 0.1) is 5.92 Å². The van der Waals surface area contributed by atoms with Crippen LogP contribution in [0.2, 0.25) is 0 Å². The number of carbonyl (C=O) groups is 1. The van der Waals surface area contributed by atoms with E-state index in [1.54, 1.807) is 55.9 Å². The van der Waals surface area contributed by atoms with Crippen LogP contribution in [0.5, 0.6) is 5.75 Å². The minimum absolute atomic E-state index is 0.000502. The number of sulfonamides is 1. The van der Waals surface area contributed by atoms with Gasteiger partial charge in [-0.25, -0.2) is 8.42 Å². The smallest absolute Gasteiger partial charge is 0.324 e. The maximum atomic E-state index is 14.3. The van der Waals surface area contributed by atoms with E-state index in [9.17, 15) is 13.2 Å². The van der Waals surface area contributed by atoms with Crippen LogP contribution in [0.25, 0.3) is 11.1 Å². The van der Waals surface area contributed by atoms with Gasteiger partial charge in [-0.15, -0.1) is 0 Å². The molecule has 0 radical (unpaired) electrons. The van der Waals surface area contributed by atoms with Crippen LogP contribution in [-0.2, 0) is 35.6 Å². The Morgan fingerprint density at radius 3 is 2.08 bits per heavy atom. The van der Waals surface area contributed by atoms with E-state index in [0.29, 0.717) is 38.9 Å². The lowest BCUT2D eigenvalue weighted by atomic mass is 9.80. The highest BCUT2D eigenvalue weighted by Gasteiger charge is 2.47. The Balaban J connectivity index is 1.47. The Bertz CT molecular complexity index is 1380. The average Bonchev–Trinajstić information content (AvgIpc) is 3.46. The summed E-state index contributed by atoms with van der Waals surface area (Å²) in [5, 5.41) is 0. The van der Waals surface area contributed by atoms with E-state index >= 15 is 0 Å². The Kier molecular flexibility index (Phi) is 8.51. The number of rotatable bonds is 9. The molecule has 212 valence electrons. The molecule has 1 aliphatic heterocycles. The maximum absolute atomic E-state index is 14.3. The Hall–Kier alpha value is -3.31. The number of methoxy groups -OCH3 is 2. The molecule has 0 bridgehead atoms. The molecule has 10 heteroatoms. The molecule has 2 aromatic carbocycles. The van der Waals surface area contributed by atoms with Gasteiger partial charge in [-0.3, -0.25) is 9.78 Å². The number of nitrogens with zero attached hydrogens (tertiary/aromatic N) is 2. The summed E-state index contributed by atoms with van der Waals surface area (Å²) in [4.78, 5) is 17.5. The van der Waals surface area contributed by atoms with Gasteiger partial charge in [0.1, 0.15) is 11.8 Å². The second kappa shape index (κ2) is 12.1. The third kappa shape index (κ3) is 5.90. The normalized spacial score (nSPS) is 18.1. The van der Waals surface area contributed by atoms with Crippen molar-refractivity contribution in [3.63, 3.8) is 0 Å². The van der Waals surface area contributed by atoms with Crippen LogP contribution in [-0.4, -0.2) is 62.9 Å². The first-order valence-electron chi connectivity index (χ1n) is 13.4. The van der Waals surface area contributed by atoms with Crippen LogP contribution in [0.4, 0.5) is 0 Å². The molecule has 9 nitrogen and oxygen atoms in total. The van der Waals surface area contributed by atoms with Gasteiger partial charge in [0.05, 0.1) is 32.3 Å². The predicted octanol–water partition coefficient (Wildman–Crippen LogP) is 4.42. The summed E-state index contributed by atoms with van der Waals surface area (Å²) in [6.45, 7) is 1.08. The van der Waals surface area contributed by atoms with Gasteiger partial charge in [-0.05, 0) is 71.8 Å². The largest absolute Gasteiger partial charge is 0.497 e. The topological polar surface area (TPSA) is 104 Å². The van der Waals surface area contributed by atoms with E-state index in [-0.39, 0.29) is 17.4 Å². The fraction of sp³-hybridized carbons (Fsp3) is 0.400. The van der Waals surface area contributed by atoms with Crippen molar-refractivity contribution in [2.24, 2.45) is 5.92 Å². The Morgan fingerprint density at radius 2 is 1.52 bits per heavy atom. The lowest BCUT2D eigenvalue weighted by Crippen LogP contribution is -2.51. The summed E-state index contributed by atoms with van der Waals surface area (Å²) < 4.78 is 52.0. The van der Waals surface area contributed by atoms with E-state index in [2.05, 4.69) is 4.98 Å². The minimum Gasteiger partial charge on any atom is -0.497 e. The first-order valence-corrected chi connectivity index (χ1v) is 14.8. The van der Waals surface area contributed by atoms with Crippen molar-refractivity contribution in [1.82, 2.24) is 9.29 Å². The second-order valence-electron chi connectivity index (χ2n) is 10.1. The molecule has 3 aromatic rings. The highest BCUT2D eigenvalue weighted by molar-refractivity contribution is 7.89. The van der Waals surface area contributed by atoms with Crippen LogP contribution < -0.4 is 4.74 Å². The Morgan fingerprint density at radius 1 is 0.950 bits per heavy atom. The fourth-order valence-electron chi connectivity index (χ4n) is 5.59. The van der Waals surface area contributed by atoms with E-state index in [1.807, 2.05) is 24.3 Å². The molecule has 2 fully saturated rings. The molecule has 1 aromatic heterocycles. The van der Waals surface area contributed by atoms with Crippen molar-refractivity contribution < 1.29 is 32.2 Å². The molecule has 40 heavy (non-hydrogen) atoms. The molecule has 2 heterocycles. The van der Waals surface area contributed by atoms with Gasteiger partial charge in [0.25, 0.3) is 0 Å². The number of carbonyl (C=O) groups excluding carboxylic acids is 1. The number of aromatic nitrogens is 1. The van der Waals surface area contributed by atoms with Crippen molar-refractivity contribution in [3.05, 3.63) is 78.6 Å². The SMILES string of the molecule is COC(=O)C(C1CCC2(CC1)OCCO2)N(Cc1ccncc1)S(=O)(=O)c1ccc(-c2ccc(OC)cc2)cc1. The zero-order valence-corrected chi connectivity index (χ0v) is 23.5. The van der Waals surface area contributed by atoms with Gasteiger partial charge >= 0.3 is 5.97 Å². The number of esters is 1. The summed E-state index contributed by atoms with van der Waals surface area (Å²) >= 11 is 0. The minimum atomic E-state index is -4.11. The van der Waals surface area contributed by atoms with Crippen molar-refractivity contribution in [2.75, 3.05) is 27.4 Å². The lowest BCUT2D eigenvalue weighted by Gasteiger charge is -2.40. The van der Waals surface area contributed by atoms with Crippen LogP contribution in [0.1, 0.15) is 31.2 Å². The third-order valence-electron chi connectivity index (χ3n) is 7.78. The van der Waals surface area contributed by atoms with Crippen molar-refractivity contribution >= 4 is 16.0 Å². The molecule has 1 aliphatic carbocycles. The molecular weight excluding hydrogens is 532 g/mol. The molecular formula is C30H34N2O7S. The van der Waals surface area contributed by atoms with Gasteiger partial charge in [-0.1, -0.05) is 24.3 Å². The molecule has 5 rings (SSSR count). The van der Waals surface area contributed by atoms with Crippen molar-refractivity contribution in [3.8, 4) is 16.9 Å². The maximum Gasteiger partial charge on any atom is 0.324 e. The molecule has 1 spiro atoms. The number of hydrogen-bond donors (Lipinski definition) is 0. The lowest BCUT2D eigenvalue weighted by molar-refractivity contribution is -0.186. The summed E-state index contributed by atoms with van der Waals surface area (Å²) in [6, 6.07) is 16.7. The molecule has 1 atom stereocenters. The molecule has 0 amide bonds. The molecule has 1 saturated heterocycles. The quantitative estimate of drug-likeness (QED) is 0.351. The number of pyridine rings is 1. The van der Waals surface area contributed by atoms with Gasteiger partial charge in [-0.2, -0.15) is 4.31 Å². The first kappa shape index (κ1) is 28.2. The standard InChI is InChI=1S/C30H34N2O7S/c1-36-26-7-3-23(4-8-26)24-5-9-27(10-6-24)40(34,35)32(21-22-13-17-31-18-14-22)28(29(33)37-2)25-11-15-30(16-12-25)38-19-20-39-30/h3-10,13-14,17-18,25,28H,11-12,15-16,19-21H2,1-2H3. The molecule has 1 unspecified atom stereocenters. The number of benzene rings is 2. The van der Waals surface area contributed by atoms with Crippen molar-refractivity contribution in [2.45, 2.75) is 49.0 Å². The van der Waals surface area contributed by atoms with Crippen LogP contribution in [0.15, 0.2) is 78.0 Å². The van der Waals surface area contributed by atoms with Gasteiger partial charge in [0, 0.05) is 31.8 Å². The van der Waals surface area contributed by atoms with E-state index in [4.69, 9.17) is 18.9 Å². The zero-order valence-electron chi connectivity index (χ0n) is 22.7. The summed E-state index contributed by atoms with van der Waals surface area (Å²) in [5.41, 5.74) is 2.51. The van der Waals surface area contributed by atoms with Gasteiger partial charge < -0.3 is 18.9 Å². The summed E-state index contributed by atoms with van der Waals surface area (Å²) in [5.74, 6) is -0.741. The van der Waals surface area contributed by atoms with Crippen LogP contribution >= 0.6 is 0 Å². The van der Waals surface area contributed by atoms with Gasteiger partial charge in [0.15, 0.2) is 5.79 Å². The number of ether oxygens (including phenoxy) is 4. The van der Waals surface area contributed by atoms with Crippen molar-refractivity contribution in [1.29, 1.82) is 0 Å². The predicted molar refractivity (Wildman–Crippen MR) is 148 cm³/mol. The molecule has 2 aliphatic rings. The monoisotopic (exact) mass is 566 g/mol. The zero-order chi connectivity index (χ0) is 28.2. The summed E-state index contributed by atoms with van der Waals surface area (Å²) in [6.07, 6.45) is 5.53. The van der Waals surface area contributed by atoms with Crippen LogP contribution in [0.3, 0.4) is 0 Å². The average molecular weight is 567 g/mol. The molecule has 0 N–H and O–H groups in total. The molecule has 1 saturated carbocycles.